The molecule has 0 aromatic heterocycles. The fraction of sp³-hybridized carbons (Fsp3) is 0.667. The molecule has 2 atom stereocenters. The Kier molecular flexibility index (Phi) is 4.71. The molecule has 1 saturated carbocycles. The zero-order chi connectivity index (χ0) is 17.4. The van der Waals surface area contributed by atoms with Crippen molar-refractivity contribution in [3.05, 3.63) is 24.3 Å². The van der Waals surface area contributed by atoms with Crippen LogP contribution in [0.4, 0.5) is 14.5 Å². The molecule has 0 spiro atoms. The Morgan fingerprint density at radius 1 is 1.25 bits per heavy atom. The van der Waals surface area contributed by atoms with Crippen LogP contribution >= 0.6 is 0 Å². The van der Waals surface area contributed by atoms with E-state index in [4.69, 9.17) is 5.11 Å². The number of halogens is 2. The molecule has 1 aliphatic carbocycles. The fourth-order valence-electron chi connectivity index (χ4n) is 3.94. The Morgan fingerprint density at radius 3 is 2.58 bits per heavy atom. The van der Waals surface area contributed by atoms with Gasteiger partial charge in [0.1, 0.15) is 12.4 Å². The summed E-state index contributed by atoms with van der Waals surface area (Å²) in [6.07, 6.45) is 1.25. The molecule has 0 unspecified atom stereocenters. The molecule has 6 heteroatoms. The lowest BCUT2D eigenvalue weighted by atomic mass is 9.83. The maximum Gasteiger partial charge on any atom is 0.421 e. The Bertz CT molecular complexity index is 563. The standard InChI is InChI=1S/C18H26F2N2O2/c1-17(2)11-22(16-6-4-3-5-15(16)21-17)13-7-9-14(10-8-13)24-18(19,20)12-23/h7-10,15-16,21,23H,3-6,11-12H2,1-2H3/t15-,16+/m1/s1. The molecule has 24 heavy (non-hydrogen) atoms. The maximum atomic E-state index is 13.1. The molecule has 134 valence electrons. The lowest BCUT2D eigenvalue weighted by Gasteiger charge is -2.52. The lowest BCUT2D eigenvalue weighted by Crippen LogP contribution is -2.67. The molecule has 2 fully saturated rings. The Labute approximate surface area is 141 Å². The van der Waals surface area contributed by atoms with Crippen LogP contribution in [-0.4, -0.2) is 42.0 Å². The zero-order valence-electron chi connectivity index (χ0n) is 14.3. The Hall–Kier alpha value is -1.40. The van der Waals surface area contributed by atoms with Gasteiger partial charge in [-0.15, -0.1) is 0 Å². The number of piperazine rings is 1. The Morgan fingerprint density at radius 2 is 1.92 bits per heavy atom. The summed E-state index contributed by atoms with van der Waals surface area (Å²) in [7, 11) is 0. The number of nitrogens with zero attached hydrogens (tertiary/aromatic N) is 1. The van der Waals surface area contributed by atoms with Crippen LogP contribution in [0.15, 0.2) is 24.3 Å². The van der Waals surface area contributed by atoms with Gasteiger partial charge in [0.05, 0.1) is 0 Å². The summed E-state index contributed by atoms with van der Waals surface area (Å²) in [5.41, 5.74) is 1.04. The number of alkyl halides is 2. The van der Waals surface area contributed by atoms with Crippen molar-refractivity contribution in [3.8, 4) is 5.75 Å². The molecule has 1 aromatic carbocycles. The van der Waals surface area contributed by atoms with Crippen molar-refractivity contribution in [2.75, 3.05) is 18.1 Å². The number of aliphatic hydroxyl groups excluding tert-OH is 1. The van der Waals surface area contributed by atoms with Crippen LogP contribution in [0.25, 0.3) is 0 Å². The first kappa shape index (κ1) is 17.4. The van der Waals surface area contributed by atoms with Crippen molar-refractivity contribution in [1.82, 2.24) is 5.32 Å². The zero-order valence-corrected chi connectivity index (χ0v) is 14.3. The van der Waals surface area contributed by atoms with Crippen molar-refractivity contribution >= 4 is 5.69 Å². The third kappa shape index (κ3) is 3.81. The number of rotatable bonds is 4. The van der Waals surface area contributed by atoms with E-state index in [-0.39, 0.29) is 11.3 Å². The highest BCUT2D eigenvalue weighted by atomic mass is 19.3. The fourth-order valence-corrected chi connectivity index (χ4v) is 3.94. The van der Waals surface area contributed by atoms with Gasteiger partial charge >= 0.3 is 6.11 Å². The molecule has 3 rings (SSSR count). The summed E-state index contributed by atoms with van der Waals surface area (Å²) in [5.74, 6) is 0.0624. The van der Waals surface area contributed by atoms with E-state index >= 15 is 0 Å². The minimum absolute atomic E-state index is 0.0115. The van der Waals surface area contributed by atoms with Crippen LogP contribution < -0.4 is 15.0 Å². The topological polar surface area (TPSA) is 44.7 Å². The average molecular weight is 340 g/mol. The number of benzene rings is 1. The molecule has 2 aliphatic rings. The van der Waals surface area contributed by atoms with Gasteiger partial charge in [0.15, 0.2) is 0 Å². The molecule has 0 radical (unpaired) electrons. The van der Waals surface area contributed by atoms with E-state index < -0.39 is 12.7 Å². The third-order valence-corrected chi connectivity index (χ3v) is 4.89. The second kappa shape index (κ2) is 6.48. The highest BCUT2D eigenvalue weighted by Gasteiger charge is 2.40. The van der Waals surface area contributed by atoms with Crippen molar-refractivity contribution in [2.24, 2.45) is 0 Å². The number of hydrogen-bond acceptors (Lipinski definition) is 4. The van der Waals surface area contributed by atoms with E-state index in [1.807, 2.05) is 12.1 Å². The SMILES string of the molecule is CC1(C)CN(c2ccc(OC(F)(F)CO)cc2)[C@H]2CCCC[C@H]2N1. The smallest absolute Gasteiger partial charge is 0.421 e. The molecule has 1 aromatic rings. The van der Waals surface area contributed by atoms with E-state index in [2.05, 4.69) is 28.8 Å². The molecule has 1 aliphatic heterocycles. The van der Waals surface area contributed by atoms with E-state index in [0.717, 1.165) is 18.7 Å². The highest BCUT2D eigenvalue weighted by molar-refractivity contribution is 5.51. The molecule has 2 N–H and O–H groups in total. The van der Waals surface area contributed by atoms with Crippen LogP contribution in [-0.2, 0) is 0 Å². The summed E-state index contributed by atoms with van der Waals surface area (Å²) in [4.78, 5) is 2.40. The largest absolute Gasteiger partial charge is 0.431 e. The average Bonchev–Trinajstić information content (AvgIpc) is 2.54. The summed E-state index contributed by atoms with van der Waals surface area (Å²) in [6.45, 7) is 3.94. The maximum absolute atomic E-state index is 13.1. The molecular formula is C18H26F2N2O2. The van der Waals surface area contributed by atoms with E-state index in [9.17, 15) is 8.78 Å². The lowest BCUT2D eigenvalue weighted by molar-refractivity contribution is -0.200. The van der Waals surface area contributed by atoms with Gasteiger partial charge in [0, 0.05) is 29.9 Å². The molecule has 0 amide bonds. The van der Waals surface area contributed by atoms with Crippen LogP contribution in [0.2, 0.25) is 0 Å². The highest BCUT2D eigenvalue weighted by Crippen LogP contribution is 2.34. The minimum Gasteiger partial charge on any atom is -0.431 e. The van der Waals surface area contributed by atoms with E-state index in [1.54, 1.807) is 12.1 Å². The summed E-state index contributed by atoms with van der Waals surface area (Å²) in [6, 6.07) is 7.66. The van der Waals surface area contributed by atoms with Crippen LogP contribution in [0.1, 0.15) is 39.5 Å². The number of hydrogen-bond donors (Lipinski definition) is 2. The number of anilines is 1. The van der Waals surface area contributed by atoms with Crippen LogP contribution in [0, 0.1) is 0 Å². The number of nitrogens with one attached hydrogen (secondary N) is 1. The van der Waals surface area contributed by atoms with Gasteiger partial charge in [-0.05, 0) is 51.0 Å². The monoisotopic (exact) mass is 340 g/mol. The molecule has 0 bridgehead atoms. The van der Waals surface area contributed by atoms with Gasteiger partial charge in [-0.25, -0.2) is 0 Å². The van der Waals surface area contributed by atoms with Gasteiger partial charge in [-0.1, -0.05) is 12.8 Å². The first-order chi connectivity index (χ1) is 11.3. The predicted molar refractivity (Wildman–Crippen MR) is 89.7 cm³/mol. The van der Waals surface area contributed by atoms with Crippen molar-refractivity contribution in [1.29, 1.82) is 0 Å². The second-order valence-electron chi connectivity index (χ2n) is 7.51. The summed E-state index contributed by atoms with van der Waals surface area (Å²) >= 11 is 0. The minimum atomic E-state index is -3.55. The van der Waals surface area contributed by atoms with Crippen molar-refractivity contribution in [3.63, 3.8) is 0 Å². The van der Waals surface area contributed by atoms with Crippen molar-refractivity contribution in [2.45, 2.75) is 63.3 Å². The van der Waals surface area contributed by atoms with Gasteiger partial charge in [0.2, 0.25) is 0 Å². The second-order valence-corrected chi connectivity index (χ2v) is 7.51. The predicted octanol–water partition coefficient (Wildman–Crippen LogP) is 3.15. The normalized spacial score (nSPS) is 26.8. The van der Waals surface area contributed by atoms with Crippen LogP contribution in [0.5, 0.6) is 5.75 Å². The van der Waals surface area contributed by atoms with Crippen molar-refractivity contribution < 1.29 is 18.6 Å². The van der Waals surface area contributed by atoms with Gasteiger partial charge < -0.3 is 20.1 Å². The van der Waals surface area contributed by atoms with Gasteiger partial charge in [0.25, 0.3) is 0 Å². The van der Waals surface area contributed by atoms with E-state index in [1.165, 1.54) is 19.3 Å². The number of aliphatic hydroxyl groups is 1. The number of fused-ring (bicyclic) bond motifs is 1. The summed E-state index contributed by atoms with van der Waals surface area (Å²) < 4.78 is 30.8. The molecule has 1 saturated heterocycles. The molecule has 4 nitrogen and oxygen atoms in total. The van der Waals surface area contributed by atoms with Gasteiger partial charge in [-0.3, -0.25) is 0 Å². The quantitative estimate of drug-likeness (QED) is 0.884. The first-order valence-electron chi connectivity index (χ1n) is 8.62. The molecule has 1 heterocycles. The van der Waals surface area contributed by atoms with Crippen LogP contribution in [0.3, 0.4) is 0 Å². The number of ether oxygens (including phenoxy) is 1. The van der Waals surface area contributed by atoms with E-state index in [0.29, 0.717) is 12.1 Å². The third-order valence-electron chi connectivity index (χ3n) is 4.89. The molecular weight excluding hydrogens is 314 g/mol. The summed E-state index contributed by atoms with van der Waals surface area (Å²) in [5, 5.41) is 12.4. The first-order valence-corrected chi connectivity index (χ1v) is 8.62. The Balaban J connectivity index is 1.79. The van der Waals surface area contributed by atoms with Gasteiger partial charge in [-0.2, -0.15) is 8.78 Å².